The van der Waals surface area contributed by atoms with Crippen LogP contribution in [0.1, 0.15) is 11.3 Å². The molecule has 1 aromatic heterocycles. The first-order valence-corrected chi connectivity index (χ1v) is 12.9. The minimum absolute atomic E-state index is 0.00711. The molecule has 11 heteroatoms. The number of hydrogen-bond acceptors (Lipinski definition) is 7. The van der Waals surface area contributed by atoms with E-state index in [2.05, 4.69) is 4.90 Å². The van der Waals surface area contributed by atoms with Gasteiger partial charge in [0.25, 0.3) is 0 Å². The summed E-state index contributed by atoms with van der Waals surface area (Å²) in [5, 5.41) is 2.64. The molecule has 1 saturated heterocycles. The number of nitrogens with zero attached hydrogens (tertiary/aromatic N) is 3. The maximum atomic E-state index is 13.4. The van der Waals surface area contributed by atoms with Crippen molar-refractivity contribution in [2.45, 2.75) is 11.3 Å². The first kappa shape index (κ1) is 23.7. The SMILES string of the molecule is COc1ccc(Cc2csc(N3CCN(S(=O)(=O)c4ccc(F)c(Cl)c4)CC3)n2)c(OC)c1. The zero-order valence-corrected chi connectivity index (χ0v) is 20.5. The van der Waals surface area contributed by atoms with Gasteiger partial charge >= 0.3 is 0 Å². The van der Waals surface area contributed by atoms with Crippen LogP contribution in [-0.2, 0) is 16.4 Å². The van der Waals surface area contributed by atoms with Crippen LogP contribution in [0.3, 0.4) is 0 Å². The molecule has 1 aliphatic heterocycles. The van der Waals surface area contributed by atoms with Gasteiger partial charge in [-0.15, -0.1) is 11.3 Å². The fourth-order valence-corrected chi connectivity index (χ4v) is 6.20. The van der Waals surface area contributed by atoms with Gasteiger partial charge in [-0.2, -0.15) is 4.31 Å². The van der Waals surface area contributed by atoms with Crippen LogP contribution in [0.15, 0.2) is 46.7 Å². The lowest BCUT2D eigenvalue weighted by molar-refractivity contribution is 0.384. The molecule has 1 aliphatic rings. The summed E-state index contributed by atoms with van der Waals surface area (Å²) in [6.45, 7) is 1.62. The topological polar surface area (TPSA) is 72.0 Å². The van der Waals surface area contributed by atoms with E-state index in [1.165, 1.54) is 21.7 Å². The highest BCUT2D eigenvalue weighted by Gasteiger charge is 2.30. The van der Waals surface area contributed by atoms with Crippen molar-refractivity contribution in [2.24, 2.45) is 0 Å². The minimum Gasteiger partial charge on any atom is -0.497 e. The standard InChI is InChI=1S/C22H23ClFN3O4S2/c1-30-17-4-3-15(21(12-17)31-2)11-16-14-32-22(25-16)26-7-9-27(10-8-26)33(28,29)18-5-6-20(24)19(23)13-18/h3-6,12-14H,7-11H2,1-2H3. The fraction of sp³-hybridized carbons (Fsp3) is 0.318. The second-order valence-corrected chi connectivity index (χ2v) is 10.6. The van der Waals surface area contributed by atoms with E-state index in [4.69, 9.17) is 26.1 Å². The van der Waals surface area contributed by atoms with Crippen molar-refractivity contribution in [3.63, 3.8) is 0 Å². The molecular weight excluding hydrogens is 489 g/mol. The van der Waals surface area contributed by atoms with Crippen LogP contribution < -0.4 is 14.4 Å². The number of aromatic nitrogens is 1. The van der Waals surface area contributed by atoms with Crippen molar-refractivity contribution < 1.29 is 22.3 Å². The molecule has 2 heterocycles. The van der Waals surface area contributed by atoms with E-state index in [0.717, 1.165) is 40.0 Å². The molecule has 2 aromatic carbocycles. The van der Waals surface area contributed by atoms with Crippen LogP contribution in [0.25, 0.3) is 0 Å². The smallest absolute Gasteiger partial charge is 0.243 e. The summed E-state index contributed by atoms with van der Waals surface area (Å²) < 4.78 is 51.3. The highest BCUT2D eigenvalue weighted by Crippen LogP contribution is 2.30. The number of sulfonamides is 1. The Labute approximate surface area is 201 Å². The van der Waals surface area contributed by atoms with Crippen LogP contribution in [0, 0.1) is 5.82 Å². The molecule has 0 spiro atoms. The average molecular weight is 512 g/mol. The van der Waals surface area contributed by atoms with E-state index in [-0.39, 0.29) is 9.92 Å². The predicted molar refractivity (Wildman–Crippen MR) is 127 cm³/mol. The molecule has 4 rings (SSSR count). The molecule has 3 aromatic rings. The maximum absolute atomic E-state index is 13.4. The normalized spacial score (nSPS) is 15.0. The monoisotopic (exact) mass is 511 g/mol. The van der Waals surface area contributed by atoms with Gasteiger partial charge in [0, 0.05) is 49.6 Å². The summed E-state index contributed by atoms with van der Waals surface area (Å²) in [6, 6.07) is 9.15. The number of anilines is 1. The van der Waals surface area contributed by atoms with E-state index in [1.807, 2.05) is 23.6 Å². The number of piperazine rings is 1. The third-order valence-electron chi connectivity index (χ3n) is 5.44. The third-order valence-corrected chi connectivity index (χ3v) is 8.58. The van der Waals surface area contributed by atoms with E-state index in [1.54, 1.807) is 14.2 Å². The molecule has 0 aliphatic carbocycles. The number of thiazole rings is 1. The fourth-order valence-electron chi connectivity index (χ4n) is 3.62. The van der Waals surface area contributed by atoms with Crippen LogP contribution in [0.4, 0.5) is 9.52 Å². The van der Waals surface area contributed by atoms with Gasteiger partial charge in [-0.25, -0.2) is 17.8 Å². The Balaban J connectivity index is 1.41. The van der Waals surface area contributed by atoms with Crippen LogP contribution >= 0.6 is 22.9 Å². The lowest BCUT2D eigenvalue weighted by Gasteiger charge is -2.33. The lowest BCUT2D eigenvalue weighted by atomic mass is 10.1. The number of halogens is 2. The van der Waals surface area contributed by atoms with Gasteiger partial charge in [0.05, 0.1) is 29.8 Å². The zero-order valence-electron chi connectivity index (χ0n) is 18.1. The van der Waals surface area contributed by atoms with Gasteiger partial charge in [-0.1, -0.05) is 17.7 Å². The number of methoxy groups -OCH3 is 2. The van der Waals surface area contributed by atoms with E-state index in [9.17, 15) is 12.8 Å². The average Bonchev–Trinajstić information content (AvgIpc) is 3.29. The largest absolute Gasteiger partial charge is 0.497 e. The van der Waals surface area contributed by atoms with Gasteiger partial charge in [0.1, 0.15) is 17.3 Å². The van der Waals surface area contributed by atoms with E-state index < -0.39 is 15.8 Å². The van der Waals surface area contributed by atoms with Gasteiger partial charge in [-0.05, 0) is 24.3 Å². The van der Waals surface area contributed by atoms with Crippen molar-refractivity contribution in [1.82, 2.24) is 9.29 Å². The Morgan fingerprint density at radius 1 is 1.09 bits per heavy atom. The number of benzene rings is 2. The Hall–Kier alpha value is -2.40. The molecule has 0 atom stereocenters. The maximum Gasteiger partial charge on any atom is 0.243 e. The molecule has 33 heavy (non-hydrogen) atoms. The van der Waals surface area contributed by atoms with Crippen molar-refractivity contribution in [3.8, 4) is 11.5 Å². The number of rotatable bonds is 7. The van der Waals surface area contributed by atoms with Gasteiger partial charge in [0.15, 0.2) is 5.13 Å². The van der Waals surface area contributed by atoms with Crippen molar-refractivity contribution in [2.75, 3.05) is 45.3 Å². The Morgan fingerprint density at radius 3 is 2.52 bits per heavy atom. The molecule has 0 unspecified atom stereocenters. The van der Waals surface area contributed by atoms with E-state index >= 15 is 0 Å². The summed E-state index contributed by atoms with van der Waals surface area (Å²) >= 11 is 7.30. The molecule has 7 nitrogen and oxygen atoms in total. The summed E-state index contributed by atoms with van der Waals surface area (Å²) in [4.78, 5) is 6.81. The van der Waals surface area contributed by atoms with Crippen LogP contribution in [-0.4, -0.2) is 58.1 Å². The molecule has 176 valence electrons. The molecular formula is C22H23ClFN3O4S2. The lowest BCUT2D eigenvalue weighted by Crippen LogP contribution is -2.48. The minimum atomic E-state index is -3.74. The molecule has 0 saturated carbocycles. The Kier molecular flexibility index (Phi) is 7.08. The summed E-state index contributed by atoms with van der Waals surface area (Å²) in [5.41, 5.74) is 1.92. The molecule has 0 N–H and O–H groups in total. The van der Waals surface area contributed by atoms with Gasteiger partial charge < -0.3 is 14.4 Å². The molecule has 0 amide bonds. The Morgan fingerprint density at radius 2 is 1.85 bits per heavy atom. The summed E-state index contributed by atoms with van der Waals surface area (Å²) in [7, 11) is -0.506. The second kappa shape index (κ2) is 9.84. The molecule has 0 bridgehead atoms. The second-order valence-electron chi connectivity index (χ2n) is 7.44. The van der Waals surface area contributed by atoms with E-state index in [0.29, 0.717) is 32.6 Å². The van der Waals surface area contributed by atoms with Crippen molar-refractivity contribution in [3.05, 3.63) is 63.9 Å². The number of ether oxygens (including phenoxy) is 2. The number of hydrogen-bond donors (Lipinski definition) is 0. The molecule has 0 radical (unpaired) electrons. The van der Waals surface area contributed by atoms with Gasteiger partial charge in [-0.3, -0.25) is 0 Å². The first-order valence-electron chi connectivity index (χ1n) is 10.2. The van der Waals surface area contributed by atoms with Crippen molar-refractivity contribution in [1.29, 1.82) is 0 Å². The summed E-state index contributed by atoms with van der Waals surface area (Å²) in [5.74, 6) is 0.821. The summed E-state index contributed by atoms with van der Waals surface area (Å²) in [6.07, 6.45) is 0.614. The quantitative estimate of drug-likeness (QED) is 0.476. The first-order chi connectivity index (χ1) is 15.8. The zero-order chi connectivity index (χ0) is 23.6. The van der Waals surface area contributed by atoms with Crippen molar-refractivity contribution >= 4 is 38.1 Å². The predicted octanol–water partition coefficient (Wildman–Crippen LogP) is 4.05. The third kappa shape index (κ3) is 5.08. The highest BCUT2D eigenvalue weighted by atomic mass is 35.5. The van der Waals surface area contributed by atoms with Crippen LogP contribution in [0.5, 0.6) is 11.5 Å². The Bertz CT molecular complexity index is 1240. The van der Waals surface area contributed by atoms with Crippen LogP contribution in [0.2, 0.25) is 5.02 Å². The molecule has 1 fully saturated rings. The van der Waals surface area contributed by atoms with Gasteiger partial charge in [0.2, 0.25) is 10.0 Å². The highest BCUT2D eigenvalue weighted by molar-refractivity contribution is 7.89.